The monoisotopic (exact) mass is 358 g/mol. The molecule has 2 rings (SSSR count). The van der Waals surface area contributed by atoms with Crippen LogP contribution in [0.4, 0.5) is 5.69 Å². The van der Waals surface area contributed by atoms with Gasteiger partial charge in [-0.2, -0.15) is 0 Å². The molecule has 25 heavy (non-hydrogen) atoms. The lowest BCUT2D eigenvalue weighted by Crippen LogP contribution is -3.12. The van der Waals surface area contributed by atoms with Gasteiger partial charge < -0.3 is 20.3 Å². The van der Waals surface area contributed by atoms with Crippen LogP contribution in [-0.4, -0.2) is 31.9 Å². The van der Waals surface area contributed by atoms with E-state index in [1.54, 1.807) is 7.11 Å². The lowest BCUT2D eigenvalue weighted by atomic mass is 10.1. The van der Waals surface area contributed by atoms with E-state index in [0.29, 0.717) is 11.2 Å². The summed E-state index contributed by atoms with van der Waals surface area (Å²) < 4.78 is 5.17. The molecule has 0 amide bonds. The first kappa shape index (κ1) is 19.2. The Bertz CT molecular complexity index is 642. The van der Waals surface area contributed by atoms with E-state index in [9.17, 15) is 0 Å². The Kier molecular flexibility index (Phi) is 7.70. The molecule has 0 aliphatic heterocycles. The Balaban J connectivity index is 1.97. The zero-order chi connectivity index (χ0) is 18.1. The van der Waals surface area contributed by atoms with Gasteiger partial charge in [-0.1, -0.05) is 30.3 Å². The molecule has 0 spiro atoms. The van der Waals surface area contributed by atoms with Gasteiger partial charge in [0.15, 0.2) is 5.11 Å². The molecule has 0 saturated carbocycles. The molecular formula is C20H28N3OS+. The lowest BCUT2D eigenvalue weighted by Gasteiger charge is -2.27. The molecule has 134 valence electrons. The molecule has 0 heterocycles. The molecule has 4 nitrogen and oxygen atoms in total. The molecule has 3 N–H and O–H groups in total. The first-order valence-electron chi connectivity index (χ1n) is 8.76. The summed E-state index contributed by atoms with van der Waals surface area (Å²) in [5, 5.41) is 7.24. The Hall–Kier alpha value is -2.11. The highest BCUT2D eigenvalue weighted by Crippen LogP contribution is 2.15. The van der Waals surface area contributed by atoms with Crippen molar-refractivity contribution >= 4 is 23.0 Å². The van der Waals surface area contributed by atoms with Gasteiger partial charge in [0.2, 0.25) is 0 Å². The summed E-state index contributed by atoms with van der Waals surface area (Å²) in [7, 11) is 1.66. The van der Waals surface area contributed by atoms with Crippen molar-refractivity contribution in [1.29, 1.82) is 0 Å². The van der Waals surface area contributed by atoms with Crippen LogP contribution in [0.1, 0.15) is 25.5 Å². The van der Waals surface area contributed by atoms with Crippen LogP contribution in [0, 0.1) is 0 Å². The first-order valence-corrected chi connectivity index (χ1v) is 9.17. The Morgan fingerprint density at radius 1 is 1.04 bits per heavy atom. The summed E-state index contributed by atoms with van der Waals surface area (Å²) in [5.41, 5.74) is 2.28. The number of methoxy groups -OCH3 is 1. The number of rotatable bonds is 8. The maximum Gasteiger partial charge on any atom is 0.171 e. The Labute approximate surface area is 156 Å². The smallest absolute Gasteiger partial charge is 0.171 e. The van der Waals surface area contributed by atoms with Crippen LogP contribution in [0.5, 0.6) is 5.75 Å². The van der Waals surface area contributed by atoms with Gasteiger partial charge in [-0.15, -0.1) is 0 Å². The highest BCUT2D eigenvalue weighted by molar-refractivity contribution is 7.80. The molecule has 0 aliphatic rings. The third-order valence-corrected chi connectivity index (χ3v) is 4.66. The van der Waals surface area contributed by atoms with Crippen LogP contribution in [0.15, 0.2) is 54.6 Å². The van der Waals surface area contributed by atoms with E-state index < -0.39 is 0 Å². The number of anilines is 1. The van der Waals surface area contributed by atoms with E-state index in [0.717, 1.165) is 31.1 Å². The molecule has 0 aromatic heterocycles. The minimum atomic E-state index is 0.367. The number of quaternary nitrogens is 1. The molecule has 0 aliphatic carbocycles. The fourth-order valence-corrected chi connectivity index (χ4v) is 3.17. The normalized spacial score (nSPS) is 11.8. The van der Waals surface area contributed by atoms with Crippen molar-refractivity contribution in [3.05, 3.63) is 60.2 Å². The number of likely N-dealkylation sites (N-methyl/N-ethyl adjacent to an activating group) is 1. The van der Waals surface area contributed by atoms with E-state index in [2.05, 4.69) is 54.8 Å². The van der Waals surface area contributed by atoms with Gasteiger partial charge in [0, 0.05) is 11.3 Å². The largest absolute Gasteiger partial charge is 0.497 e. The predicted molar refractivity (Wildman–Crippen MR) is 108 cm³/mol. The van der Waals surface area contributed by atoms with E-state index in [1.807, 2.05) is 24.3 Å². The topological polar surface area (TPSA) is 37.7 Å². The van der Waals surface area contributed by atoms with Crippen LogP contribution in [0.3, 0.4) is 0 Å². The van der Waals surface area contributed by atoms with Crippen LogP contribution in [-0.2, 0) is 0 Å². The van der Waals surface area contributed by atoms with Gasteiger partial charge in [0.25, 0.3) is 0 Å². The highest BCUT2D eigenvalue weighted by Gasteiger charge is 2.21. The van der Waals surface area contributed by atoms with E-state index in [-0.39, 0.29) is 0 Å². The summed E-state index contributed by atoms with van der Waals surface area (Å²) >= 11 is 5.46. The summed E-state index contributed by atoms with van der Waals surface area (Å²) in [6, 6.07) is 18.7. The zero-order valence-corrected chi connectivity index (χ0v) is 16.0. The summed E-state index contributed by atoms with van der Waals surface area (Å²) in [6.07, 6.45) is 0. The molecule has 5 heteroatoms. The Morgan fingerprint density at radius 2 is 1.68 bits per heavy atom. The van der Waals surface area contributed by atoms with Crippen molar-refractivity contribution < 1.29 is 9.64 Å². The maximum atomic E-state index is 5.46. The van der Waals surface area contributed by atoms with Crippen molar-refractivity contribution in [3.63, 3.8) is 0 Å². The number of thiocarbonyl (C=S) groups is 1. The third kappa shape index (κ3) is 5.73. The SMILES string of the molecule is CC[NH+](CC)[C@H](CNC(=S)Nc1ccc(OC)cc1)c1ccccc1. The van der Waals surface area contributed by atoms with E-state index >= 15 is 0 Å². The summed E-state index contributed by atoms with van der Waals surface area (Å²) in [6.45, 7) is 7.40. The fourth-order valence-electron chi connectivity index (χ4n) is 2.97. The minimum Gasteiger partial charge on any atom is -0.497 e. The third-order valence-electron chi connectivity index (χ3n) is 4.42. The average molecular weight is 359 g/mol. The van der Waals surface area contributed by atoms with Crippen molar-refractivity contribution in [2.24, 2.45) is 0 Å². The van der Waals surface area contributed by atoms with Gasteiger partial charge in [0.05, 0.1) is 26.7 Å². The lowest BCUT2D eigenvalue weighted by molar-refractivity contribution is -0.927. The van der Waals surface area contributed by atoms with E-state index in [1.165, 1.54) is 10.5 Å². The molecule has 0 radical (unpaired) electrons. The number of nitrogens with one attached hydrogen (secondary N) is 3. The van der Waals surface area contributed by atoms with Gasteiger partial charge in [-0.25, -0.2) is 0 Å². The van der Waals surface area contributed by atoms with Crippen LogP contribution < -0.4 is 20.3 Å². The van der Waals surface area contributed by atoms with Crippen LogP contribution >= 0.6 is 12.2 Å². The number of hydrogen-bond donors (Lipinski definition) is 3. The van der Waals surface area contributed by atoms with E-state index in [4.69, 9.17) is 17.0 Å². The van der Waals surface area contributed by atoms with Crippen molar-refractivity contribution in [2.75, 3.05) is 32.1 Å². The van der Waals surface area contributed by atoms with Crippen molar-refractivity contribution in [3.8, 4) is 5.75 Å². The number of hydrogen-bond acceptors (Lipinski definition) is 2. The number of ether oxygens (including phenoxy) is 1. The molecule has 0 saturated heterocycles. The summed E-state index contributed by atoms with van der Waals surface area (Å²) in [5.74, 6) is 0.832. The second-order valence-corrected chi connectivity index (χ2v) is 6.30. The van der Waals surface area contributed by atoms with Gasteiger partial charge in [-0.3, -0.25) is 0 Å². The highest BCUT2D eigenvalue weighted by atomic mass is 32.1. The van der Waals surface area contributed by atoms with Gasteiger partial charge >= 0.3 is 0 Å². The molecular weight excluding hydrogens is 330 g/mol. The molecule has 1 atom stereocenters. The van der Waals surface area contributed by atoms with Crippen LogP contribution in [0.2, 0.25) is 0 Å². The first-order chi connectivity index (χ1) is 12.2. The quantitative estimate of drug-likeness (QED) is 0.634. The van der Waals surface area contributed by atoms with Gasteiger partial charge in [0.1, 0.15) is 11.8 Å². The standard InChI is InChI=1S/C20H27N3OS/c1-4-23(5-2)19(16-9-7-6-8-10-16)15-21-20(25)22-17-11-13-18(24-3)14-12-17/h6-14,19H,4-5,15H2,1-3H3,(H2,21,22,25)/p+1/t19-/m1/s1. The van der Waals surface area contributed by atoms with Crippen LogP contribution in [0.25, 0.3) is 0 Å². The van der Waals surface area contributed by atoms with Crippen molar-refractivity contribution in [1.82, 2.24) is 5.32 Å². The maximum absolute atomic E-state index is 5.46. The van der Waals surface area contributed by atoms with Gasteiger partial charge in [-0.05, 0) is 50.3 Å². The Morgan fingerprint density at radius 3 is 2.24 bits per heavy atom. The number of benzene rings is 2. The zero-order valence-electron chi connectivity index (χ0n) is 15.2. The van der Waals surface area contributed by atoms with Crippen molar-refractivity contribution in [2.45, 2.75) is 19.9 Å². The second-order valence-electron chi connectivity index (χ2n) is 5.89. The minimum absolute atomic E-state index is 0.367. The fraction of sp³-hybridized carbons (Fsp3) is 0.350. The molecule has 2 aromatic carbocycles. The summed E-state index contributed by atoms with van der Waals surface area (Å²) in [4.78, 5) is 1.53. The second kappa shape index (κ2) is 10.0. The molecule has 0 fully saturated rings. The average Bonchev–Trinajstić information content (AvgIpc) is 2.66. The molecule has 2 aromatic rings. The molecule has 0 unspecified atom stereocenters. The molecule has 0 bridgehead atoms. The predicted octanol–water partition coefficient (Wildman–Crippen LogP) is 2.65.